The number of fused-ring (bicyclic) bond motifs is 1. The molecule has 0 bridgehead atoms. The summed E-state index contributed by atoms with van der Waals surface area (Å²) in [6.45, 7) is 6.51. The van der Waals surface area contributed by atoms with Gasteiger partial charge in [-0.3, -0.25) is 5.43 Å². The fourth-order valence-corrected chi connectivity index (χ4v) is 5.20. The molecular formula is C21H34N6O. The first kappa shape index (κ1) is 18.7. The largest absolute Gasteiger partial charge is 0.372 e. The first-order chi connectivity index (χ1) is 13.7. The normalized spacial score (nSPS) is 35.0. The van der Waals surface area contributed by atoms with Crippen LogP contribution in [0.25, 0.3) is 0 Å². The van der Waals surface area contributed by atoms with Crippen LogP contribution in [-0.4, -0.2) is 65.8 Å². The molecule has 2 N–H and O–H groups in total. The number of nitrogens with one attached hydrogen (secondary N) is 2. The van der Waals surface area contributed by atoms with Crippen LogP contribution < -0.4 is 15.8 Å². The Labute approximate surface area is 168 Å². The Bertz CT molecular complexity index is 687. The van der Waals surface area contributed by atoms with Gasteiger partial charge in [-0.25, -0.2) is 15.4 Å². The van der Waals surface area contributed by atoms with Crippen molar-refractivity contribution in [3.05, 3.63) is 18.1 Å². The molecule has 4 aliphatic rings. The van der Waals surface area contributed by atoms with Gasteiger partial charge in [0.25, 0.3) is 0 Å². The average Bonchev–Trinajstić information content (AvgIpc) is 3.37. The van der Waals surface area contributed by atoms with Gasteiger partial charge in [0.05, 0.1) is 23.4 Å². The molecule has 28 heavy (non-hydrogen) atoms. The molecule has 0 aromatic carbocycles. The smallest absolute Gasteiger partial charge is 0.132 e. The van der Waals surface area contributed by atoms with E-state index in [2.05, 4.69) is 50.7 Å². The number of hydrogen-bond donors (Lipinski definition) is 2. The van der Waals surface area contributed by atoms with Gasteiger partial charge in [0, 0.05) is 44.2 Å². The van der Waals surface area contributed by atoms with Gasteiger partial charge in [-0.1, -0.05) is 6.92 Å². The Morgan fingerprint density at radius 2 is 1.96 bits per heavy atom. The fraction of sp³-hybridized carbons (Fsp3) is 0.810. The van der Waals surface area contributed by atoms with Crippen LogP contribution >= 0.6 is 0 Å². The Balaban J connectivity index is 1.29. The van der Waals surface area contributed by atoms with Gasteiger partial charge in [0.15, 0.2) is 0 Å². The zero-order valence-electron chi connectivity index (χ0n) is 17.2. The minimum absolute atomic E-state index is 0.204. The fourth-order valence-electron chi connectivity index (χ4n) is 5.20. The van der Waals surface area contributed by atoms with Crippen molar-refractivity contribution in [3.8, 4) is 0 Å². The molecule has 4 atom stereocenters. The number of aromatic nitrogens is 2. The van der Waals surface area contributed by atoms with E-state index < -0.39 is 0 Å². The van der Waals surface area contributed by atoms with E-state index in [4.69, 9.17) is 4.74 Å². The summed E-state index contributed by atoms with van der Waals surface area (Å²) < 4.78 is 6.56. The van der Waals surface area contributed by atoms with Gasteiger partial charge in [0.1, 0.15) is 12.1 Å². The standard InChI is InChI=1S/C21H34N6O/c1-3-21(6-7-21)28-15-4-5-17-16(12-15)20(25-24-17)18-13-19(23-14-22-18)27-10-8-26(2)9-11-27/h13-17,20,24-25H,3-12H2,1-2H3. The number of hydrazine groups is 1. The molecule has 4 fully saturated rings. The van der Waals surface area contributed by atoms with E-state index in [1.54, 1.807) is 6.33 Å². The van der Waals surface area contributed by atoms with Gasteiger partial charge in [-0.2, -0.15) is 0 Å². The van der Waals surface area contributed by atoms with Crippen molar-refractivity contribution >= 4 is 5.82 Å². The van der Waals surface area contributed by atoms with Crippen LogP contribution in [0.5, 0.6) is 0 Å². The highest BCUT2D eigenvalue weighted by atomic mass is 16.5. The van der Waals surface area contributed by atoms with E-state index in [0.29, 0.717) is 18.1 Å². The van der Waals surface area contributed by atoms with Crippen LogP contribution in [-0.2, 0) is 4.74 Å². The molecule has 0 spiro atoms. The van der Waals surface area contributed by atoms with Crippen LogP contribution in [0.15, 0.2) is 12.4 Å². The van der Waals surface area contributed by atoms with E-state index in [9.17, 15) is 0 Å². The minimum atomic E-state index is 0.204. The van der Waals surface area contributed by atoms with E-state index >= 15 is 0 Å². The maximum atomic E-state index is 6.56. The molecule has 1 aromatic rings. The van der Waals surface area contributed by atoms with Gasteiger partial charge < -0.3 is 14.5 Å². The summed E-state index contributed by atoms with van der Waals surface area (Å²) in [4.78, 5) is 14.0. The van der Waals surface area contributed by atoms with Crippen LogP contribution in [0.2, 0.25) is 0 Å². The summed E-state index contributed by atoms with van der Waals surface area (Å²) >= 11 is 0. The predicted molar refractivity (Wildman–Crippen MR) is 109 cm³/mol. The lowest BCUT2D eigenvalue weighted by atomic mass is 9.79. The number of nitrogens with zero attached hydrogens (tertiary/aromatic N) is 4. The molecule has 5 rings (SSSR count). The summed E-state index contributed by atoms with van der Waals surface area (Å²) in [5, 5.41) is 0. The molecule has 2 aliphatic heterocycles. The van der Waals surface area contributed by atoms with E-state index in [1.807, 2.05) is 0 Å². The van der Waals surface area contributed by atoms with Gasteiger partial charge in [0.2, 0.25) is 0 Å². The predicted octanol–water partition coefficient (Wildman–Crippen LogP) is 1.87. The maximum Gasteiger partial charge on any atom is 0.132 e. The summed E-state index contributed by atoms with van der Waals surface area (Å²) in [6, 6.07) is 2.96. The van der Waals surface area contributed by atoms with Gasteiger partial charge in [-0.05, 0) is 45.6 Å². The third-order valence-electron chi connectivity index (χ3n) is 7.39. The van der Waals surface area contributed by atoms with Crippen molar-refractivity contribution in [2.45, 2.75) is 69.2 Å². The highest BCUT2D eigenvalue weighted by molar-refractivity contribution is 5.40. The van der Waals surface area contributed by atoms with Crippen molar-refractivity contribution in [1.29, 1.82) is 0 Å². The average molecular weight is 387 g/mol. The lowest BCUT2D eigenvalue weighted by Crippen LogP contribution is -2.44. The van der Waals surface area contributed by atoms with E-state index in [-0.39, 0.29) is 11.6 Å². The quantitative estimate of drug-likeness (QED) is 0.801. The summed E-state index contributed by atoms with van der Waals surface area (Å²) in [7, 11) is 2.18. The SMILES string of the molecule is CCC1(OC2CCC3NNC(c4cc(N5CCN(C)CC5)ncn4)C3C2)CC1. The van der Waals surface area contributed by atoms with E-state index in [1.165, 1.54) is 25.7 Å². The zero-order chi connectivity index (χ0) is 19.1. The Hall–Kier alpha value is -1.28. The third kappa shape index (κ3) is 3.65. The molecule has 2 saturated carbocycles. The van der Waals surface area contributed by atoms with Crippen LogP contribution in [0.1, 0.15) is 57.2 Å². The minimum Gasteiger partial charge on any atom is -0.372 e. The second kappa shape index (κ2) is 7.52. The summed E-state index contributed by atoms with van der Waals surface area (Å²) in [6.07, 6.45) is 9.23. The van der Waals surface area contributed by atoms with Gasteiger partial charge >= 0.3 is 0 Å². The number of anilines is 1. The number of likely N-dealkylation sites (N-methyl/N-ethyl adjacent to an activating group) is 1. The maximum absolute atomic E-state index is 6.56. The topological polar surface area (TPSA) is 65.6 Å². The number of rotatable bonds is 5. The lowest BCUT2D eigenvalue weighted by molar-refractivity contribution is -0.0603. The highest BCUT2D eigenvalue weighted by Crippen LogP contribution is 2.47. The molecular weight excluding hydrogens is 352 g/mol. The van der Waals surface area contributed by atoms with Gasteiger partial charge in [-0.15, -0.1) is 0 Å². The van der Waals surface area contributed by atoms with E-state index in [0.717, 1.165) is 50.5 Å². The zero-order valence-corrected chi connectivity index (χ0v) is 17.2. The van der Waals surface area contributed by atoms with Crippen molar-refractivity contribution in [2.75, 3.05) is 38.1 Å². The number of piperazine rings is 1. The molecule has 2 saturated heterocycles. The summed E-state index contributed by atoms with van der Waals surface area (Å²) in [5.74, 6) is 1.59. The molecule has 7 nitrogen and oxygen atoms in total. The first-order valence-electron chi connectivity index (χ1n) is 11.1. The molecule has 0 amide bonds. The second-order valence-electron chi connectivity index (χ2n) is 9.22. The molecule has 1 aromatic heterocycles. The van der Waals surface area contributed by atoms with Crippen LogP contribution in [0.3, 0.4) is 0 Å². The second-order valence-corrected chi connectivity index (χ2v) is 9.22. The third-order valence-corrected chi connectivity index (χ3v) is 7.39. The molecule has 0 radical (unpaired) electrons. The molecule has 3 heterocycles. The monoisotopic (exact) mass is 386 g/mol. The van der Waals surface area contributed by atoms with Crippen molar-refractivity contribution in [1.82, 2.24) is 25.7 Å². The Morgan fingerprint density at radius 1 is 1.14 bits per heavy atom. The van der Waals surface area contributed by atoms with Crippen LogP contribution in [0.4, 0.5) is 5.82 Å². The molecule has 2 aliphatic carbocycles. The Kier molecular flexibility index (Phi) is 5.03. The van der Waals surface area contributed by atoms with Crippen molar-refractivity contribution < 1.29 is 4.74 Å². The number of hydrogen-bond acceptors (Lipinski definition) is 7. The lowest BCUT2D eigenvalue weighted by Gasteiger charge is -2.35. The molecule has 4 unspecified atom stereocenters. The van der Waals surface area contributed by atoms with Crippen molar-refractivity contribution in [3.63, 3.8) is 0 Å². The highest BCUT2D eigenvalue weighted by Gasteiger charge is 2.47. The number of ether oxygens (including phenoxy) is 1. The Morgan fingerprint density at radius 3 is 2.71 bits per heavy atom. The van der Waals surface area contributed by atoms with Crippen molar-refractivity contribution in [2.24, 2.45) is 5.92 Å². The summed E-state index contributed by atoms with van der Waals surface area (Å²) in [5.41, 5.74) is 8.40. The van der Waals surface area contributed by atoms with Crippen LogP contribution in [0, 0.1) is 5.92 Å². The molecule has 154 valence electrons. The first-order valence-corrected chi connectivity index (χ1v) is 11.1. The molecule has 7 heteroatoms.